The third-order valence-corrected chi connectivity index (χ3v) is 4.91. The fraction of sp³-hybridized carbons (Fsp3) is 0.389. The van der Waals surface area contributed by atoms with Gasteiger partial charge < -0.3 is 4.57 Å². The van der Waals surface area contributed by atoms with Gasteiger partial charge in [-0.3, -0.25) is 4.90 Å². The molecule has 0 bridgehead atoms. The predicted octanol–water partition coefficient (Wildman–Crippen LogP) is 2.36. The van der Waals surface area contributed by atoms with Gasteiger partial charge in [-0.15, -0.1) is 10.2 Å². The summed E-state index contributed by atoms with van der Waals surface area (Å²) >= 11 is 0. The summed E-state index contributed by atoms with van der Waals surface area (Å²) in [6.07, 6.45) is 6.33. The molecule has 1 aromatic carbocycles. The zero-order chi connectivity index (χ0) is 15.9. The van der Waals surface area contributed by atoms with Gasteiger partial charge in [-0.1, -0.05) is 12.1 Å². The van der Waals surface area contributed by atoms with Gasteiger partial charge in [0.15, 0.2) is 0 Å². The largest absolute Gasteiger partial charge is 0.312 e. The topological polar surface area (TPSA) is 51.8 Å². The number of benzene rings is 1. The molecule has 3 heterocycles. The smallest absolute Gasteiger partial charge is 0.147 e. The summed E-state index contributed by atoms with van der Waals surface area (Å²) in [5.41, 5.74) is 2.41. The highest BCUT2D eigenvalue weighted by Crippen LogP contribution is 2.39. The summed E-state index contributed by atoms with van der Waals surface area (Å²) < 4.78 is 4.22. The standard InChI is InChI=1S/C18H20N6/c1-8-19-24(9-1)16-6-2-14(3-7-16)12-22-10-11-23-17(13-22)20-21-18(23)15-4-5-15/h1-3,6-9,15H,4-5,10-13H2. The van der Waals surface area contributed by atoms with Crippen LogP contribution in [-0.2, 0) is 19.6 Å². The van der Waals surface area contributed by atoms with Crippen molar-refractivity contribution in [1.29, 1.82) is 0 Å². The molecule has 2 aromatic heterocycles. The van der Waals surface area contributed by atoms with Gasteiger partial charge in [0.1, 0.15) is 11.6 Å². The summed E-state index contributed by atoms with van der Waals surface area (Å²) in [5, 5.41) is 13.1. The summed E-state index contributed by atoms with van der Waals surface area (Å²) in [6.45, 7) is 3.91. The Bertz CT molecular complexity index is 829. The third kappa shape index (κ3) is 2.53. The molecule has 1 fully saturated rings. The van der Waals surface area contributed by atoms with Crippen LogP contribution in [0.1, 0.15) is 36.0 Å². The molecular formula is C18H20N6. The quantitative estimate of drug-likeness (QED) is 0.740. The molecule has 0 atom stereocenters. The highest BCUT2D eigenvalue weighted by molar-refractivity contribution is 5.33. The van der Waals surface area contributed by atoms with E-state index in [0.717, 1.165) is 37.7 Å². The van der Waals surface area contributed by atoms with Crippen molar-refractivity contribution in [2.75, 3.05) is 6.54 Å². The number of fused-ring (bicyclic) bond motifs is 1. The molecular weight excluding hydrogens is 300 g/mol. The van der Waals surface area contributed by atoms with Gasteiger partial charge in [-0.05, 0) is 36.6 Å². The molecule has 6 heteroatoms. The van der Waals surface area contributed by atoms with Gasteiger partial charge in [0.25, 0.3) is 0 Å². The second-order valence-electron chi connectivity index (χ2n) is 6.73. The highest BCUT2D eigenvalue weighted by atomic mass is 15.3. The molecule has 1 aliphatic carbocycles. The van der Waals surface area contributed by atoms with Gasteiger partial charge in [-0.2, -0.15) is 5.10 Å². The zero-order valence-corrected chi connectivity index (χ0v) is 13.5. The molecule has 2 aliphatic rings. The Morgan fingerprint density at radius 3 is 2.67 bits per heavy atom. The Morgan fingerprint density at radius 1 is 1.04 bits per heavy atom. The molecule has 6 nitrogen and oxygen atoms in total. The van der Waals surface area contributed by atoms with Crippen LogP contribution in [0.4, 0.5) is 0 Å². The first-order chi connectivity index (χ1) is 11.9. The first-order valence-corrected chi connectivity index (χ1v) is 8.60. The molecule has 0 spiro atoms. The monoisotopic (exact) mass is 320 g/mol. The predicted molar refractivity (Wildman–Crippen MR) is 89.7 cm³/mol. The Hall–Kier alpha value is -2.47. The minimum absolute atomic E-state index is 0.674. The van der Waals surface area contributed by atoms with Crippen LogP contribution in [0.3, 0.4) is 0 Å². The Morgan fingerprint density at radius 2 is 1.92 bits per heavy atom. The first kappa shape index (κ1) is 13.9. The van der Waals surface area contributed by atoms with E-state index in [2.05, 4.69) is 49.0 Å². The number of hydrogen-bond acceptors (Lipinski definition) is 4. The minimum atomic E-state index is 0.674. The molecule has 1 aliphatic heterocycles. The second-order valence-corrected chi connectivity index (χ2v) is 6.73. The zero-order valence-electron chi connectivity index (χ0n) is 13.5. The number of nitrogens with zero attached hydrogens (tertiary/aromatic N) is 6. The first-order valence-electron chi connectivity index (χ1n) is 8.60. The van der Waals surface area contributed by atoms with E-state index in [9.17, 15) is 0 Å². The van der Waals surface area contributed by atoms with Crippen molar-refractivity contribution in [2.24, 2.45) is 0 Å². The normalized spacial score (nSPS) is 17.8. The van der Waals surface area contributed by atoms with E-state index in [1.807, 2.05) is 16.9 Å². The van der Waals surface area contributed by atoms with E-state index in [4.69, 9.17) is 0 Å². The maximum Gasteiger partial charge on any atom is 0.147 e. The van der Waals surface area contributed by atoms with E-state index in [1.165, 1.54) is 24.2 Å². The summed E-state index contributed by atoms with van der Waals surface area (Å²) in [4.78, 5) is 2.45. The van der Waals surface area contributed by atoms with Gasteiger partial charge in [0.2, 0.25) is 0 Å². The van der Waals surface area contributed by atoms with Crippen LogP contribution in [0.5, 0.6) is 0 Å². The van der Waals surface area contributed by atoms with Crippen molar-refractivity contribution in [1.82, 2.24) is 29.4 Å². The van der Waals surface area contributed by atoms with Crippen LogP contribution < -0.4 is 0 Å². The summed E-state index contributed by atoms with van der Waals surface area (Å²) in [7, 11) is 0. The molecule has 3 aromatic rings. The third-order valence-electron chi connectivity index (χ3n) is 4.91. The van der Waals surface area contributed by atoms with Crippen molar-refractivity contribution >= 4 is 0 Å². The van der Waals surface area contributed by atoms with Gasteiger partial charge in [-0.25, -0.2) is 4.68 Å². The second kappa shape index (κ2) is 5.56. The van der Waals surface area contributed by atoms with Crippen LogP contribution in [0.15, 0.2) is 42.7 Å². The lowest BCUT2D eigenvalue weighted by molar-refractivity contribution is 0.207. The van der Waals surface area contributed by atoms with Crippen LogP contribution in [0.25, 0.3) is 5.69 Å². The summed E-state index contributed by atoms with van der Waals surface area (Å²) in [5.74, 6) is 3.01. The lowest BCUT2D eigenvalue weighted by Crippen LogP contribution is -2.33. The van der Waals surface area contributed by atoms with Crippen molar-refractivity contribution in [3.63, 3.8) is 0 Å². The Balaban J connectivity index is 1.28. The molecule has 0 unspecified atom stereocenters. The molecule has 0 radical (unpaired) electrons. The van der Waals surface area contributed by atoms with Crippen LogP contribution >= 0.6 is 0 Å². The maximum absolute atomic E-state index is 4.42. The number of hydrogen-bond donors (Lipinski definition) is 0. The lowest BCUT2D eigenvalue weighted by atomic mass is 10.2. The van der Waals surface area contributed by atoms with E-state index in [-0.39, 0.29) is 0 Å². The molecule has 0 saturated heterocycles. The van der Waals surface area contributed by atoms with Gasteiger partial charge in [0.05, 0.1) is 12.2 Å². The van der Waals surface area contributed by atoms with Crippen LogP contribution in [0.2, 0.25) is 0 Å². The highest BCUT2D eigenvalue weighted by Gasteiger charge is 2.31. The van der Waals surface area contributed by atoms with Crippen molar-refractivity contribution in [3.05, 3.63) is 59.9 Å². The molecule has 5 rings (SSSR count). The molecule has 122 valence electrons. The van der Waals surface area contributed by atoms with Crippen molar-refractivity contribution in [2.45, 2.75) is 38.4 Å². The summed E-state index contributed by atoms with van der Waals surface area (Å²) in [6, 6.07) is 10.6. The van der Waals surface area contributed by atoms with E-state index >= 15 is 0 Å². The van der Waals surface area contributed by atoms with Crippen molar-refractivity contribution in [3.8, 4) is 5.69 Å². The lowest BCUT2D eigenvalue weighted by Gasteiger charge is -2.27. The Labute approximate surface area is 140 Å². The number of aromatic nitrogens is 5. The fourth-order valence-electron chi connectivity index (χ4n) is 3.44. The van der Waals surface area contributed by atoms with Crippen LogP contribution in [0, 0.1) is 0 Å². The molecule has 24 heavy (non-hydrogen) atoms. The van der Waals surface area contributed by atoms with E-state index in [1.54, 1.807) is 6.20 Å². The SMILES string of the molecule is c1cnn(-c2ccc(CN3CCn4c(nnc4C4CC4)C3)cc2)c1. The average molecular weight is 320 g/mol. The van der Waals surface area contributed by atoms with E-state index in [0.29, 0.717) is 5.92 Å². The van der Waals surface area contributed by atoms with Gasteiger partial charge >= 0.3 is 0 Å². The maximum atomic E-state index is 4.42. The minimum Gasteiger partial charge on any atom is -0.312 e. The molecule has 1 saturated carbocycles. The van der Waals surface area contributed by atoms with E-state index < -0.39 is 0 Å². The molecule has 0 amide bonds. The average Bonchev–Trinajstić information content (AvgIpc) is 3.15. The van der Waals surface area contributed by atoms with Crippen molar-refractivity contribution < 1.29 is 0 Å². The fourth-order valence-corrected chi connectivity index (χ4v) is 3.44. The Kier molecular flexibility index (Phi) is 3.23. The number of rotatable bonds is 4. The molecule has 0 N–H and O–H groups in total. The van der Waals surface area contributed by atoms with Gasteiger partial charge in [0, 0.05) is 37.9 Å². The van der Waals surface area contributed by atoms with Crippen LogP contribution in [-0.4, -0.2) is 36.0 Å².